The van der Waals surface area contributed by atoms with Gasteiger partial charge in [-0.1, -0.05) is 47.7 Å². The Bertz CT molecular complexity index is 750. The zero-order valence-electron chi connectivity index (χ0n) is 12.8. The Morgan fingerprint density at radius 2 is 2.08 bits per heavy atom. The standard InChI is InChI=1S/C16H15BrN4OS2/c1-11-5-7-12(8-6-11)20-15(22)10-24-16(23)21-18-9-13-3-2-4-14(17)19-13/h2-9H,10H2,1H3,(H,20,22)(H,21,23)/b18-9+. The van der Waals surface area contributed by atoms with Crippen LogP contribution in [0.4, 0.5) is 5.69 Å². The van der Waals surface area contributed by atoms with Gasteiger partial charge in [0.2, 0.25) is 5.91 Å². The molecule has 2 aromatic rings. The van der Waals surface area contributed by atoms with E-state index in [4.69, 9.17) is 12.2 Å². The molecule has 0 fully saturated rings. The molecule has 124 valence electrons. The highest BCUT2D eigenvalue weighted by Crippen LogP contribution is 2.10. The SMILES string of the molecule is Cc1ccc(NC(=O)CSC(=S)N/N=C/c2cccc(Br)n2)cc1. The number of carbonyl (C=O) groups excluding carboxylic acids is 1. The Labute approximate surface area is 158 Å². The molecule has 0 bridgehead atoms. The van der Waals surface area contributed by atoms with Gasteiger partial charge in [0.25, 0.3) is 0 Å². The van der Waals surface area contributed by atoms with Crippen LogP contribution in [0.15, 0.2) is 52.2 Å². The van der Waals surface area contributed by atoms with Crippen LogP contribution in [-0.2, 0) is 4.79 Å². The van der Waals surface area contributed by atoms with Crippen LogP contribution < -0.4 is 10.7 Å². The molecule has 1 aromatic carbocycles. The molecule has 8 heteroatoms. The molecule has 1 heterocycles. The first-order chi connectivity index (χ1) is 11.5. The molecule has 0 radical (unpaired) electrons. The molecule has 0 aliphatic rings. The average molecular weight is 423 g/mol. The number of pyridine rings is 1. The van der Waals surface area contributed by atoms with Gasteiger partial charge >= 0.3 is 0 Å². The Kier molecular flexibility index (Phi) is 7.36. The topological polar surface area (TPSA) is 66.4 Å². The van der Waals surface area contributed by atoms with Crippen molar-refractivity contribution in [3.05, 3.63) is 58.3 Å². The second-order valence-electron chi connectivity index (χ2n) is 4.75. The lowest BCUT2D eigenvalue weighted by molar-refractivity contribution is -0.113. The van der Waals surface area contributed by atoms with Crippen molar-refractivity contribution in [3.63, 3.8) is 0 Å². The zero-order valence-corrected chi connectivity index (χ0v) is 16.0. The van der Waals surface area contributed by atoms with Gasteiger partial charge in [0.1, 0.15) is 4.60 Å². The molecule has 0 saturated carbocycles. The van der Waals surface area contributed by atoms with Crippen molar-refractivity contribution in [2.75, 3.05) is 11.1 Å². The number of anilines is 1. The van der Waals surface area contributed by atoms with Gasteiger partial charge in [-0.15, -0.1) is 0 Å². The normalized spacial score (nSPS) is 10.6. The van der Waals surface area contributed by atoms with E-state index in [1.807, 2.05) is 49.4 Å². The number of aryl methyl sites for hydroxylation is 1. The van der Waals surface area contributed by atoms with Gasteiger partial charge in [0.15, 0.2) is 4.32 Å². The predicted molar refractivity (Wildman–Crippen MR) is 108 cm³/mol. The minimum atomic E-state index is -0.120. The second-order valence-corrected chi connectivity index (χ2v) is 7.21. The maximum Gasteiger partial charge on any atom is 0.234 e. The molecule has 24 heavy (non-hydrogen) atoms. The number of rotatable bonds is 5. The fourth-order valence-corrected chi connectivity index (χ4v) is 2.68. The van der Waals surface area contributed by atoms with Gasteiger partial charge < -0.3 is 5.32 Å². The number of halogens is 1. The van der Waals surface area contributed by atoms with Gasteiger partial charge in [0.05, 0.1) is 17.7 Å². The first-order valence-corrected chi connectivity index (χ1v) is 9.16. The lowest BCUT2D eigenvalue weighted by Crippen LogP contribution is -2.18. The number of amides is 1. The van der Waals surface area contributed by atoms with Crippen LogP contribution >= 0.6 is 39.9 Å². The smallest absolute Gasteiger partial charge is 0.234 e. The number of thioether (sulfide) groups is 1. The quantitative estimate of drug-likeness (QED) is 0.332. The van der Waals surface area contributed by atoms with Crippen LogP contribution in [0, 0.1) is 6.92 Å². The van der Waals surface area contributed by atoms with E-state index in [1.165, 1.54) is 11.8 Å². The second kappa shape index (κ2) is 9.51. The molecular weight excluding hydrogens is 408 g/mol. The fourth-order valence-electron chi connectivity index (χ4n) is 1.64. The summed E-state index contributed by atoms with van der Waals surface area (Å²) in [4.78, 5) is 16.1. The molecule has 0 unspecified atom stereocenters. The third-order valence-electron chi connectivity index (χ3n) is 2.76. The van der Waals surface area contributed by atoms with Gasteiger partial charge in [-0.25, -0.2) is 4.98 Å². The number of nitrogens with zero attached hydrogens (tertiary/aromatic N) is 2. The first kappa shape index (κ1) is 18.6. The number of benzene rings is 1. The lowest BCUT2D eigenvalue weighted by atomic mass is 10.2. The number of hydrazone groups is 1. The molecule has 0 spiro atoms. The Balaban J connectivity index is 1.72. The van der Waals surface area contributed by atoms with Crippen LogP contribution in [-0.4, -0.2) is 27.2 Å². The first-order valence-electron chi connectivity index (χ1n) is 6.98. The van der Waals surface area contributed by atoms with E-state index in [-0.39, 0.29) is 11.7 Å². The molecular formula is C16H15BrN4OS2. The predicted octanol–water partition coefficient (Wildman–Crippen LogP) is 3.73. The van der Waals surface area contributed by atoms with Crippen molar-refractivity contribution in [3.8, 4) is 0 Å². The molecule has 0 saturated heterocycles. The van der Waals surface area contributed by atoms with Gasteiger partial charge in [0, 0.05) is 5.69 Å². The summed E-state index contributed by atoms with van der Waals surface area (Å²) in [6.45, 7) is 2.00. The summed E-state index contributed by atoms with van der Waals surface area (Å²) < 4.78 is 1.15. The maximum absolute atomic E-state index is 11.9. The van der Waals surface area contributed by atoms with Gasteiger partial charge in [-0.3, -0.25) is 10.2 Å². The van der Waals surface area contributed by atoms with E-state index in [9.17, 15) is 4.79 Å². The molecule has 2 N–H and O–H groups in total. The van der Waals surface area contributed by atoms with Crippen molar-refractivity contribution in [2.24, 2.45) is 5.10 Å². The lowest BCUT2D eigenvalue weighted by Gasteiger charge is -2.05. The minimum absolute atomic E-state index is 0.120. The highest BCUT2D eigenvalue weighted by atomic mass is 79.9. The number of hydrogen-bond acceptors (Lipinski definition) is 5. The third-order valence-corrected chi connectivity index (χ3v) is 4.41. The van der Waals surface area contributed by atoms with Crippen molar-refractivity contribution < 1.29 is 4.79 Å². The molecule has 2 rings (SSSR count). The summed E-state index contributed by atoms with van der Waals surface area (Å²) in [6.07, 6.45) is 1.56. The molecule has 0 aliphatic heterocycles. The van der Waals surface area contributed by atoms with Gasteiger partial charge in [-0.05, 0) is 47.1 Å². The Hall–Kier alpha value is -1.77. The Morgan fingerprint density at radius 3 is 2.79 bits per heavy atom. The number of hydrogen-bond donors (Lipinski definition) is 2. The average Bonchev–Trinajstić information content (AvgIpc) is 2.55. The van der Waals surface area contributed by atoms with Gasteiger partial charge in [-0.2, -0.15) is 5.10 Å². The summed E-state index contributed by atoms with van der Waals surface area (Å²) in [5, 5.41) is 6.81. The van der Waals surface area contributed by atoms with Crippen molar-refractivity contribution in [1.29, 1.82) is 0 Å². The highest BCUT2D eigenvalue weighted by molar-refractivity contribution is 9.10. The van der Waals surface area contributed by atoms with E-state index < -0.39 is 0 Å². The van der Waals surface area contributed by atoms with E-state index in [2.05, 4.69) is 36.8 Å². The Morgan fingerprint density at radius 1 is 1.33 bits per heavy atom. The van der Waals surface area contributed by atoms with Crippen LogP contribution in [0.1, 0.15) is 11.3 Å². The molecule has 5 nitrogen and oxygen atoms in total. The largest absolute Gasteiger partial charge is 0.325 e. The number of aromatic nitrogens is 1. The highest BCUT2D eigenvalue weighted by Gasteiger charge is 2.05. The van der Waals surface area contributed by atoms with E-state index in [0.29, 0.717) is 10.0 Å². The summed E-state index contributed by atoms with van der Waals surface area (Å²) in [7, 11) is 0. The van der Waals surface area contributed by atoms with E-state index in [1.54, 1.807) is 6.21 Å². The number of nitrogens with one attached hydrogen (secondary N) is 2. The summed E-state index contributed by atoms with van der Waals surface area (Å²) in [6, 6.07) is 13.1. The van der Waals surface area contributed by atoms with Crippen LogP contribution in [0.5, 0.6) is 0 Å². The van der Waals surface area contributed by atoms with Crippen LogP contribution in [0.25, 0.3) is 0 Å². The van der Waals surface area contributed by atoms with Crippen molar-refractivity contribution in [2.45, 2.75) is 6.92 Å². The molecule has 1 amide bonds. The third kappa shape index (κ3) is 6.77. The molecule has 0 aliphatic carbocycles. The monoisotopic (exact) mass is 422 g/mol. The molecule has 1 aromatic heterocycles. The fraction of sp³-hybridized carbons (Fsp3) is 0.125. The zero-order chi connectivity index (χ0) is 17.4. The van der Waals surface area contributed by atoms with Crippen LogP contribution in [0.3, 0.4) is 0 Å². The van der Waals surface area contributed by atoms with Crippen molar-refractivity contribution in [1.82, 2.24) is 10.4 Å². The van der Waals surface area contributed by atoms with Crippen molar-refractivity contribution >= 4 is 62.0 Å². The summed E-state index contributed by atoms with van der Waals surface area (Å²) in [5.41, 5.74) is 5.31. The minimum Gasteiger partial charge on any atom is -0.325 e. The van der Waals surface area contributed by atoms with E-state index in [0.717, 1.165) is 15.9 Å². The summed E-state index contributed by atoms with van der Waals surface area (Å²) >= 11 is 9.62. The van der Waals surface area contributed by atoms with Crippen LogP contribution in [0.2, 0.25) is 0 Å². The summed E-state index contributed by atoms with van der Waals surface area (Å²) in [5.74, 6) is 0.0929. The number of carbonyl (C=O) groups is 1. The number of thiocarbonyl (C=S) groups is 1. The maximum atomic E-state index is 11.9. The van der Waals surface area contributed by atoms with E-state index >= 15 is 0 Å². The molecule has 0 atom stereocenters.